The number of aromatic nitrogens is 1. The van der Waals surface area contributed by atoms with E-state index in [2.05, 4.69) is 10.3 Å². The Kier molecular flexibility index (Phi) is 7.99. The van der Waals surface area contributed by atoms with E-state index in [1.165, 1.54) is 11.3 Å². The third-order valence-corrected chi connectivity index (χ3v) is 4.84. The third-order valence-electron chi connectivity index (χ3n) is 3.80. The fourth-order valence-corrected chi connectivity index (χ4v) is 3.60. The van der Waals surface area contributed by atoms with Gasteiger partial charge in [-0.25, -0.2) is 4.98 Å². The minimum absolute atomic E-state index is 0. The number of carbonyl (C=O) groups is 1. The van der Waals surface area contributed by atoms with Gasteiger partial charge in [0, 0.05) is 18.7 Å². The predicted octanol–water partition coefficient (Wildman–Crippen LogP) is 3.34. The van der Waals surface area contributed by atoms with Crippen LogP contribution in [0.1, 0.15) is 16.1 Å². The van der Waals surface area contributed by atoms with Crippen molar-refractivity contribution in [3.63, 3.8) is 0 Å². The Morgan fingerprint density at radius 3 is 2.78 bits per heavy atom. The number of benzene rings is 1. The maximum absolute atomic E-state index is 12.5. The van der Waals surface area contributed by atoms with Gasteiger partial charge in [0.25, 0.3) is 5.91 Å². The van der Waals surface area contributed by atoms with Crippen molar-refractivity contribution in [2.24, 2.45) is 5.92 Å². The zero-order valence-electron chi connectivity index (χ0n) is 12.9. The average molecular weight is 374 g/mol. The Labute approximate surface area is 153 Å². The summed E-state index contributed by atoms with van der Waals surface area (Å²) in [5, 5.41) is 4.09. The van der Waals surface area contributed by atoms with Crippen LogP contribution in [0.15, 0.2) is 36.5 Å². The summed E-state index contributed by atoms with van der Waals surface area (Å²) in [5.74, 6) is 0.689. The zero-order chi connectivity index (χ0) is 14.7. The summed E-state index contributed by atoms with van der Waals surface area (Å²) in [6.07, 6.45) is 2.79. The minimum atomic E-state index is 0. The Hall–Kier alpha value is -1.14. The van der Waals surface area contributed by atoms with Crippen LogP contribution in [0.25, 0.3) is 10.6 Å². The van der Waals surface area contributed by atoms with Gasteiger partial charge in [-0.1, -0.05) is 30.3 Å². The fourth-order valence-electron chi connectivity index (χ4n) is 2.72. The van der Waals surface area contributed by atoms with Crippen LogP contribution < -0.4 is 5.32 Å². The largest absolute Gasteiger partial charge is 0.338 e. The topological polar surface area (TPSA) is 45.2 Å². The number of thiazole rings is 1. The van der Waals surface area contributed by atoms with Crippen molar-refractivity contribution < 1.29 is 4.79 Å². The second-order valence-corrected chi connectivity index (χ2v) is 6.39. The molecule has 7 heteroatoms. The van der Waals surface area contributed by atoms with E-state index in [0.717, 1.165) is 41.5 Å². The van der Waals surface area contributed by atoms with E-state index < -0.39 is 0 Å². The summed E-state index contributed by atoms with van der Waals surface area (Å²) in [7, 11) is 1.96. The molecule has 0 bridgehead atoms. The molecule has 1 aromatic heterocycles. The number of hydrogen-bond donors (Lipinski definition) is 1. The summed E-state index contributed by atoms with van der Waals surface area (Å²) >= 11 is 1.48. The molecule has 1 aliphatic rings. The summed E-state index contributed by atoms with van der Waals surface area (Å²) in [6, 6.07) is 10.00. The van der Waals surface area contributed by atoms with E-state index in [4.69, 9.17) is 0 Å². The third kappa shape index (κ3) is 4.67. The van der Waals surface area contributed by atoms with Crippen molar-refractivity contribution in [1.29, 1.82) is 0 Å². The van der Waals surface area contributed by atoms with Gasteiger partial charge >= 0.3 is 0 Å². The SMILES string of the molecule is CNCC1CCN(C(=O)c2cnc(-c3ccccc3)s2)C1.Cl.Cl. The highest BCUT2D eigenvalue weighted by Gasteiger charge is 2.27. The molecule has 0 saturated carbocycles. The first-order valence-electron chi connectivity index (χ1n) is 7.23. The molecule has 1 aliphatic heterocycles. The van der Waals surface area contributed by atoms with Crippen LogP contribution in [0.3, 0.4) is 0 Å². The van der Waals surface area contributed by atoms with Crippen molar-refractivity contribution in [2.75, 3.05) is 26.7 Å². The minimum Gasteiger partial charge on any atom is -0.338 e. The standard InChI is InChI=1S/C16H19N3OS.2ClH/c1-17-9-12-7-8-19(11-12)16(20)14-10-18-15(21-14)13-5-3-2-4-6-13;;/h2-6,10,12,17H,7-9,11H2,1H3;2*1H. The van der Waals surface area contributed by atoms with Crippen molar-refractivity contribution in [3.05, 3.63) is 41.4 Å². The molecule has 4 nitrogen and oxygen atoms in total. The van der Waals surface area contributed by atoms with Gasteiger partial charge in [0.15, 0.2) is 0 Å². The van der Waals surface area contributed by atoms with Crippen molar-refractivity contribution in [2.45, 2.75) is 6.42 Å². The molecule has 1 unspecified atom stereocenters. The molecule has 3 rings (SSSR count). The van der Waals surface area contributed by atoms with Crippen LogP contribution in [0.5, 0.6) is 0 Å². The van der Waals surface area contributed by atoms with Gasteiger partial charge in [-0.3, -0.25) is 4.79 Å². The highest BCUT2D eigenvalue weighted by Crippen LogP contribution is 2.27. The molecule has 1 N–H and O–H groups in total. The lowest BCUT2D eigenvalue weighted by molar-refractivity contribution is 0.0791. The number of amides is 1. The number of nitrogens with zero attached hydrogens (tertiary/aromatic N) is 2. The molecule has 1 saturated heterocycles. The molecule has 1 atom stereocenters. The van der Waals surface area contributed by atoms with Crippen LogP contribution in [-0.4, -0.2) is 42.5 Å². The number of nitrogens with one attached hydrogen (secondary N) is 1. The monoisotopic (exact) mass is 373 g/mol. The molecule has 1 amide bonds. The molecular formula is C16H21Cl2N3OS. The Bertz CT molecular complexity index is 621. The first-order chi connectivity index (χ1) is 10.3. The van der Waals surface area contributed by atoms with E-state index in [1.54, 1.807) is 6.20 Å². The molecule has 0 radical (unpaired) electrons. The first kappa shape index (κ1) is 19.9. The van der Waals surface area contributed by atoms with Crippen molar-refractivity contribution in [3.8, 4) is 10.6 Å². The summed E-state index contributed by atoms with van der Waals surface area (Å²) in [6.45, 7) is 2.67. The quantitative estimate of drug-likeness (QED) is 0.893. The predicted molar refractivity (Wildman–Crippen MR) is 100.0 cm³/mol. The molecule has 1 aromatic carbocycles. The number of carbonyl (C=O) groups excluding carboxylic acids is 1. The highest BCUT2D eigenvalue weighted by atomic mass is 35.5. The van der Waals surface area contributed by atoms with Crippen LogP contribution in [0.4, 0.5) is 0 Å². The van der Waals surface area contributed by atoms with Crippen LogP contribution >= 0.6 is 36.2 Å². The number of rotatable bonds is 4. The van der Waals surface area contributed by atoms with Crippen molar-refractivity contribution >= 4 is 42.1 Å². The molecule has 2 aromatic rings. The van der Waals surface area contributed by atoms with Gasteiger partial charge in [0.05, 0.1) is 6.20 Å². The lowest BCUT2D eigenvalue weighted by Crippen LogP contribution is -2.29. The Morgan fingerprint density at radius 2 is 2.09 bits per heavy atom. The van der Waals surface area contributed by atoms with E-state index >= 15 is 0 Å². The molecule has 23 heavy (non-hydrogen) atoms. The summed E-state index contributed by atoms with van der Waals surface area (Å²) < 4.78 is 0. The van der Waals surface area contributed by atoms with Crippen molar-refractivity contribution in [1.82, 2.24) is 15.2 Å². The number of likely N-dealkylation sites (tertiary alicyclic amines) is 1. The lowest BCUT2D eigenvalue weighted by atomic mass is 10.1. The lowest BCUT2D eigenvalue weighted by Gasteiger charge is -2.15. The number of hydrogen-bond acceptors (Lipinski definition) is 4. The average Bonchev–Trinajstić information content (AvgIpc) is 3.17. The van der Waals surface area contributed by atoms with Crippen LogP contribution in [0, 0.1) is 5.92 Å². The smallest absolute Gasteiger partial charge is 0.265 e. The van der Waals surface area contributed by atoms with Gasteiger partial charge in [-0.05, 0) is 25.9 Å². The summed E-state index contributed by atoms with van der Waals surface area (Å²) in [4.78, 5) is 19.6. The molecule has 0 aliphatic carbocycles. The second-order valence-electron chi connectivity index (χ2n) is 5.36. The summed E-state index contributed by atoms with van der Waals surface area (Å²) in [5.41, 5.74) is 1.07. The zero-order valence-corrected chi connectivity index (χ0v) is 15.3. The molecule has 1 fully saturated rings. The maximum Gasteiger partial charge on any atom is 0.265 e. The molecular weight excluding hydrogens is 353 g/mol. The number of halogens is 2. The molecule has 2 heterocycles. The van der Waals surface area contributed by atoms with E-state index in [1.807, 2.05) is 42.3 Å². The normalized spacial score (nSPS) is 16.6. The fraction of sp³-hybridized carbons (Fsp3) is 0.375. The van der Waals surface area contributed by atoms with Gasteiger partial charge < -0.3 is 10.2 Å². The van der Waals surface area contributed by atoms with Gasteiger partial charge in [-0.15, -0.1) is 36.2 Å². The van der Waals surface area contributed by atoms with Gasteiger partial charge in [0.1, 0.15) is 9.88 Å². The second kappa shape index (κ2) is 9.23. The molecule has 126 valence electrons. The van der Waals surface area contributed by atoms with Gasteiger partial charge in [0.2, 0.25) is 0 Å². The van der Waals surface area contributed by atoms with E-state index in [9.17, 15) is 4.79 Å². The van der Waals surface area contributed by atoms with E-state index in [-0.39, 0.29) is 30.7 Å². The van der Waals surface area contributed by atoms with Crippen LogP contribution in [-0.2, 0) is 0 Å². The van der Waals surface area contributed by atoms with Crippen LogP contribution in [0.2, 0.25) is 0 Å². The Balaban J connectivity index is 0.00000132. The van der Waals surface area contributed by atoms with E-state index in [0.29, 0.717) is 5.92 Å². The molecule has 0 spiro atoms. The van der Waals surface area contributed by atoms with Gasteiger partial charge in [-0.2, -0.15) is 0 Å². The maximum atomic E-state index is 12.5. The Morgan fingerprint density at radius 1 is 1.35 bits per heavy atom. The highest BCUT2D eigenvalue weighted by molar-refractivity contribution is 7.16. The first-order valence-corrected chi connectivity index (χ1v) is 8.04.